The van der Waals surface area contributed by atoms with E-state index in [9.17, 15) is 10.1 Å². The second kappa shape index (κ2) is 4.74. The summed E-state index contributed by atoms with van der Waals surface area (Å²) in [4.78, 5) is 12.7. The van der Waals surface area contributed by atoms with Crippen molar-refractivity contribution >= 4 is 5.97 Å². The number of ether oxygens (including phenoxy) is 2. The Bertz CT molecular complexity index is 722. The summed E-state index contributed by atoms with van der Waals surface area (Å²) in [5.41, 5.74) is 1.32. The molecule has 23 heavy (non-hydrogen) atoms. The Labute approximate surface area is 136 Å². The number of methoxy groups -OCH3 is 1. The van der Waals surface area contributed by atoms with Crippen LogP contribution in [-0.4, -0.2) is 13.1 Å². The molecule has 1 aromatic carbocycles. The highest BCUT2D eigenvalue weighted by Crippen LogP contribution is 2.64. The van der Waals surface area contributed by atoms with Crippen molar-refractivity contribution in [1.82, 2.24) is 0 Å². The molecule has 2 aliphatic carbocycles. The number of rotatable bonds is 2. The van der Waals surface area contributed by atoms with Gasteiger partial charge in [0, 0.05) is 12.3 Å². The zero-order valence-corrected chi connectivity index (χ0v) is 13.6. The number of hydrogen-bond donors (Lipinski definition) is 0. The van der Waals surface area contributed by atoms with E-state index in [1.807, 2.05) is 13.0 Å². The van der Waals surface area contributed by atoms with Crippen LogP contribution in [0.1, 0.15) is 43.7 Å². The molecule has 0 aromatic heterocycles. The first kappa shape index (κ1) is 14.6. The molecule has 1 saturated carbocycles. The molecule has 2 saturated heterocycles. The summed E-state index contributed by atoms with van der Waals surface area (Å²) in [6.07, 6.45) is 4.02. The Morgan fingerprint density at radius 3 is 2.96 bits per heavy atom. The van der Waals surface area contributed by atoms with Crippen molar-refractivity contribution < 1.29 is 14.3 Å². The maximum absolute atomic E-state index is 12.7. The fourth-order valence-electron chi connectivity index (χ4n) is 5.16. The second-order valence-electron chi connectivity index (χ2n) is 7.33. The minimum atomic E-state index is -0.532. The molecule has 4 atom stereocenters. The van der Waals surface area contributed by atoms with Crippen LogP contribution in [0.2, 0.25) is 0 Å². The average Bonchev–Trinajstić information content (AvgIpc) is 2.56. The molecule has 4 heteroatoms. The van der Waals surface area contributed by atoms with Crippen LogP contribution in [0.25, 0.3) is 0 Å². The zero-order valence-electron chi connectivity index (χ0n) is 13.6. The van der Waals surface area contributed by atoms with Crippen LogP contribution in [0.15, 0.2) is 18.2 Å². The topological polar surface area (TPSA) is 59.3 Å². The van der Waals surface area contributed by atoms with Gasteiger partial charge in [0.25, 0.3) is 0 Å². The number of esters is 1. The Kier molecular flexibility index (Phi) is 3.00. The number of aryl methyl sites for hydroxylation is 1. The van der Waals surface area contributed by atoms with Crippen molar-refractivity contribution in [3.63, 3.8) is 0 Å². The van der Waals surface area contributed by atoms with Crippen LogP contribution in [0.5, 0.6) is 5.75 Å². The van der Waals surface area contributed by atoms with Gasteiger partial charge in [0.2, 0.25) is 0 Å². The van der Waals surface area contributed by atoms with Gasteiger partial charge >= 0.3 is 5.97 Å². The van der Waals surface area contributed by atoms with E-state index in [-0.39, 0.29) is 17.8 Å². The van der Waals surface area contributed by atoms with Gasteiger partial charge in [-0.2, -0.15) is 5.26 Å². The third-order valence-electron chi connectivity index (χ3n) is 6.46. The van der Waals surface area contributed by atoms with Crippen LogP contribution in [0.3, 0.4) is 0 Å². The zero-order chi connectivity index (χ0) is 16.2. The number of benzene rings is 1. The predicted octanol–water partition coefficient (Wildman–Crippen LogP) is 3.34. The Hall–Kier alpha value is -2.02. The van der Waals surface area contributed by atoms with Crippen LogP contribution < -0.4 is 4.74 Å². The van der Waals surface area contributed by atoms with E-state index in [2.05, 4.69) is 18.2 Å². The number of hydrogen-bond acceptors (Lipinski definition) is 4. The number of carbonyl (C=O) groups is 1. The third kappa shape index (κ3) is 1.74. The molecule has 1 aromatic rings. The standard InChI is InChI=1S/C19H21NO3/c1-18-8-9-19(23-17(18)21)14-6-4-13(22-2)11-12(14)3-5-16(19)15(18)7-10-20/h4,6,11,15-16H,3,5,7-9H2,1-2H3/t15-,16-,18-,19-/m0/s1. The molecule has 0 N–H and O–H groups in total. The number of nitriles is 1. The first-order chi connectivity index (χ1) is 11.0. The Morgan fingerprint density at radius 1 is 1.43 bits per heavy atom. The van der Waals surface area contributed by atoms with Gasteiger partial charge in [0.15, 0.2) is 0 Å². The van der Waals surface area contributed by atoms with Gasteiger partial charge in [0.1, 0.15) is 11.4 Å². The Morgan fingerprint density at radius 2 is 2.26 bits per heavy atom. The number of fused-ring (bicyclic) bond motifs is 3. The molecule has 1 spiro atoms. The van der Waals surface area contributed by atoms with Crippen molar-refractivity contribution in [3.8, 4) is 11.8 Å². The largest absolute Gasteiger partial charge is 0.497 e. The third-order valence-corrected chi connectivity index (χ3v) is 6.46. The molecule has 0 amide bonds. The van der Waals surface area contributed by atoms with Crippen molar-refractivity contribution in [2.45, 2.75) is 44.6 Å². The predicted molar refractivity (Wildman–Crippen MR) is 83.6 cm³/mol. The fourth-order valence-corrected chi connectivity index (χ4v) is 5.16. The highest BCUT2D eigenvalue weighted by molar-refractivity contribution is 5.80. The molecule has 3 fully saturated rings. The Balaban J connectivity index is 1.86. The quantitative estimate of drug-likeness (QED) is 0.786. The minimum absolute atomic E-state index is 0.0951. The molecular weight excluding hydrogens is 290 g/mol. The van der Waals surface area contributed by atoms with Gasteiger partial charge in [-0.25, -0.2) is 0 Å². The lowest BCUT2D eigenvalue weighted by molar-refractivity contribution is -0.240. The molecule has 2 aliphatic heterocycles. The molecule has 4 aliphatic rings. The molecule has 5 rings (SSSR count). The van der Waals surface area contributed by atoms with E-state index in [1.165, 1.54) is 5.56 Å². The molecule has 2 heterocycles. The van der Waals surface area contributed by atoms with Crippen molar-refractivity contribution in [1.29, 1.82) is 5.26 Å². The van der Waals surface area contributed by atoms with Gasteiger partial charge in [-0.15, -0.1) is 0 Å². The van der Waals surface area contributed by atoms with Crippen LogP contribution in [0, 0.1) is 28.6 Å². The molecule has 0 radical (unpaired) electrons. The molecule has 120 valence electrons. The van der Waals surface area contributed by atoms with Crippen LogP contribution in [-0.2, 0) is 21.6 Å². The summed E-state index contributed by atoms with van der Waals surface area (Å²) in [6.45, 7) is 1.99. The minimum Gasteiger partial charge on any atom is -0.497 e. The lowest BCUT2D eigenvalue weighted by Crippen LogP contribution is -2.63. The summed E-state index contributed by atoms with van der Waals surface area (Å²) in [5, 5.41) is 9.28. The lowest BCUT2D eigenvalue weighted by Gasteiger charge is -2.61. The van der Waals surface area contributed by atoms with E-state index in [4.69, 9.17) is 9.47 Å². The summed E-state index contributed by atoms with van der Waals surface area (Å²) in [7, 11) is 1.67. The molecule has 4 nitrogen and oxygen atoms in total. The monoisotopic (exact) mass is 311 g/mol. The molecule has 2 bridgehead atoms. The van der Waals surface area contributed by atoms with Crippen molar-refractivity contribution in [2.24, 2.45) is 17.3 Å². The van der Waals surface area contributed by atoms with Gasteiger partial charge in [-0.3, -0.25) is 4.79 Å². The maximum atomic E-state index is 12.7. The van der Waals surface area contributed by atoms with Crippen molar-refractivity contribution in [3.05, 3.63) is 29.3 Å². The van der Waals surface area contributed by atoms with E-state index >= 15 is 0 Å². The van der Waals surface area contributed by atoms with Crippen molar-refractivity contribution in [2.75, 3.05) is 7.11 Å². The highest BCUT2D eigenvalue weighted by Gasteiger charge is 2.66. The fraction of sp³-hybridized carbons (Fsp3) is 0.579. The van der Waals surface area contributed by atoms with E-state index in [0.29, 0.717) is 6.42 Å². The van der Waals surface area contributed by atoms with Crippen LogP contribution in [0.4, 0.5) is 0 Å². The lowest BCUT2D eigenvalue weighted by atomic mass is 9.49. The van der Waals surface area contributed by atoms with Gasteiger partial charge in [0.05, 0.1) is 18.6 Å². The SMILES string of the molecule is COc1ccc2c(c1)CC[C@H]1[C@H](CC#N)[C@]3(C)CC[C@]21OC3=O. The van der Waals surface area contributed by atoms with Gasteiger partial charge < -0.3 is 9.47 Å². The number of nitrogens with zero attached hydrogens (tertiary/aromatic N) is 1. The summed E-state index contributed by atoms with van der Waals surface area (Å²) in [6, 6.07) is 8.39. The summed E-state index contributed by atoms with van der Waals surface area (Å²) >= 11 is 0. The maximum Gasteiger partial charge on any atom is 0.313 e. The summed E-state index contributed by atoms with van der Waals surface area (Å²) < 4.78 is 11.4. The molecular formula is C19H21NO3. The van der Waals surface area contributed by atoms with Crippen LogP contribution >= 0.6 is 0 Å². The van der Waals surface area contributed by atoms with E-state index < -0.39 is 11.0 Å². The van der Waals surface area contributed by atoms with E-state index in [0.717, 1.165) is 37.0 Å². The highest BCUT2D eigenvalue weighted by atomic mass is 16.6. The normalized spacial score (nSPS) is 37.3. The average molecular weight is 311 g/mol. The van der Waals surface area contributed by atoms with E-state index in [1.54, 1.807) is 7.11 Å². The molecule has 0 unspecified atom stereocenters. The second-order valence-corrected chi connectivity index (χ2v) is 7.33. The number of carbonyl (C=O) groups excluding carboxylic acids is 1. The summed E-state index contributed by atoms with van der Waals surface area (Å²) in [5.74, 6) is 1.07. The van der Waals surface area contributed by atoms with Gasteiger partial charge in [-0.05, 0) is 61.8 Å². The first-order valence-corrected chi connectivity index (χ1v) is 8.33. The first-order valence-electron chi connectivity index (χ1n) is 8.33. The van der Waals surface area contributed by atoms with Gasteiger partial charge in [-0.1, -0.05) is 6.07 Å². The smallest absolute Gasteiger partial charge is 0.313 e.